The summed E-state index contributed by atoms with van der Waals surface area (Å²) in [6.45, 7) is 0. The second kappa shape index (κ2) is 6.83. The first-order chi connectivity index (χ1) is 12.2. The quantitative estimate of drug-likeness (QED) is 0.792. The van der Waals surface area contributed by atoms with Crippen molar-refractivity contribution >= 4 is 40.7 Å². The summed E-state index contributed by atoms with van der Waals surface area (Å²) in [4.78, 5) is 14.2. The van der Waals surface area contributed by atoms with E-state index in [0.717, 1.165) is 23.4 Å². The number of halogens is 1. The van der Waals surface area contributed by atoms with Crippen LogP contribution in [0, 0.1) is 5.92 Å². The van der Waals surface area contributed by atoms with Crippen molar-refractivity contribution in [2.24, 2.45) is 11.0 Å². The summed E-state index contributed by atoms with van der Waals surface area (Å²) in [7, 11) is 1.59. The molecule has 2 aliphatic rings. The molecule has 0 saturated heterocycles. The summed E-state index contributed by atoms with van der Waals surface area (Å²) in [5.41, 5.74) is 2.70. The molecular weight excluding hydrogens is 356 g/mol. The number of carbonyl (C=O) groups is 1. The highest BCUT2D eigenvalue weighted by Gasteiger charge is 2.42. The van der Waals surface area contributed by atoms with E-state index in [1.807, 2.05) is 12.1 Å². The number of hydrogen-bond acceptors (Lipinski definition) is 4. The highest BCUT2D eigenvalue weighted by Crippen LogP contribution is 2.37. The number of anilines is 1. The van der Waals surface area contributed by atoms with Crippen LogP contribution in [0.4, 0.5) is 5.69 Å². The lowest BCUT2D eigenvalue weighted by Gasteiger charge is -2.34. The van der Waals surface area contributed by atoms with Gasteiger partial charge in [0.2, 0.25) is 0 Å². The van der Waals surface area contributed by atoms with E-state index in [2.05, 4.69) is 12.1 Å². The third-order valence-corrected chi connectivity index (χ3v) is 5.91. The minimum absolute atomic E-state index is 0.0304. The number of benzene rings is 2. The molecule has 0 radical (unpaired) electrons. The Morgan fingerprint density at radius 1 is 1.20 bits per heavy atom. The van der Waals surface area contributed by atoms with Crippen molar-refractivity contribution < 1.29 is 9.53 Å². The third-order valence-electron chi connectivity index (χ3n) is 4.55. The van der Waals surface area contributed by atoms with Crippen LogP contribution < -0.4 is 5.01 Å². The number of carbonyl (C=O) groups excluding carboxylic acids is 1. The van der Waals surface area contributed by atoms with Crippen LogP contribution in [0.25, 0.3) is 0 Å². The van der Waals surface area contributed by atoms with E-state index in [-0.39, 0.29) is 11.8 Å². The Hall–Kier alpha value is -1.82. The van der Waals surface area contributed by atoms with Crippen LogP contribution in [-0.2, 0) is 9.53 Å². The number of methoxy groups -OCH3 is 1. The lowest BCUT2D eigenvalue weighted by Crippen LogP contribution is -2.49. The number of rotatable bonds is 2. The lowest BCUT2D eigenvalue weighted by atomic mass is 9.87. The second-order valence-electron chi connectivity index (χ2n) is 6.01. The van der Waals surface area contributed by atoms with E-state index in [1.165, 1.54) is 9.90 Å². The van der Waals surface area contributed by atoms with Crippen LogP contribution in [0.2, 0.25) is 5.02 Å². The van der Waals surface area contributed by atoms with Crippen molar-refractivity contribution in [2.45, 2.75) is 17.4 Å². The number of hydrazone groups is 1. The van der Waals surface area contributed by atoms with E-state index in [1.54, 1.807) is 43.1 Å². The first kappa shape index (κ1) is 16.6. The molecule has 2 aliphatic heterocycles. The predicted octanol–water partition coefficient (Wildman–Crippen LogP) is 4.22. The third kappa shape index (κ3) is 2.97. The van der Waals surface area contributed by atoms with Crippen molar-refractivity contribution in [2.75, 3.05) is 17.9 Å². The summed E-state index contributed by atoms with van der Waals surface area (Å²) in [5.74, 6) is 0.773. The smallest absolute Gasteiger partial charge is 0.277 e. The van der Waals surface area contributed by atoms with Gasteiger partial charge in [-0.15, -0.1) is 11.8 Å². The van der Waals surface area contributed by atoms with Gasteiger partial charge in [0, 0.05) is 28.5 Å². The molecule has 25 heavy (non-hydrogen) atoms. The molecule has 128 valence electrons. The molecule has 2 heterocycles. The highest BCUT2D eigenvalue weighted by molar-refractivity contribution is 7.99. The Labute approximate surface area is 155 Å². The summed E-state index contributed by atoms with van der Waals surface area (Å²) in [5, 5.41) is 6.82. The van der Waals surface area contributed by atoms with E-state index in [4.69, 9.17) is 21.4 Å². The van der Waals surface area contributed by atoms with Crippen LogP contribution in [0.5, 0.6) is 0 Å². The second-order valence-corrected chi connectivity index (χ2v) is 7.58. The molecule has 0 bridgehead atoms. The van der Waals surface area contributed by atoms with Crippen LogP contribution in [0.3, 0.4) is 0 Å². The van der Waals surface area contributed by atoms with E-state index in [0.29, 0.717) is 10.7 Å². The molecule has 2 atom stereocenters. The molecule has 2 unspecified atom stereocenters. The van der Waals surface area contributed by atoms with Gasteiger partial charge in [0.05, 0.1) is 11.4 Å². The SMILES string of the molecule is COC1C(=O)N(c2ccc(Cl)cc2)N=C2c3ccccc3SCCC21. The summed E-state index contributed by atoms with van der Waals surface area (Å²) in [6.07, 6.45) is 0.326. The first-order valence-electron chi connectivity index (χ1n) is 8.12. The molecular formula is C19H17ClN2O2S. The molecule has 6 heteroatoms. The van der Waals surface area contributed by atoms with Gasteiger partial charge < -0.3 is 4.74 Å². The zero-order chi connectivity index (χ0) is 17.4. The minimum atomic E-state index is -0.532. The van der Waals surface area contributed by atoms with Gasteiger partial charge in [0.1, 0.15) is 6.10 Å². The zero-order valence-corrected chi connectivity index (χ0v) is 15.3. The number of amides is 1. The zero-order valence-electron chi connectivity index (χ0n) is 13.7. The molecule has 4 nitrogen and oxygen atoms in total. The number of thioether (sulfide) groups is 1. The van der Waals surface area contributed by atoms with Gasteiger partial charge in [-0.3, -0.25) is 4.79 Å². The van der Waals surface area contributed by atoms with Gasteiger partial charge in [0.15, 0.2) is 0 Å². The van der Waals surface area contributed by atoms with Gasteiger partial charge in [-0.2, -0.15) is 10.1 Å². The van der Waals surface area contributed by atoms with Crippen LogP contribution in [-0.4, -0.2) is 30.6 Å². The van der Waals surface area contributed by atoms with Gasteiger partial charge >= 0.3 is 0 Å². The van der Waals surface area contributed by atoms with Gasteiger partial charge in [0.25, 0.3) is 5.91 Å². The number of ether oxygens (including phenoxy) is 1. The van der Waals surface area contributed by atoms with Gasteiger partial charge in [-0.25, -0.2) is 0 Å². The summed E-state index contributed by atoms with van der Waals surface area (Å²) in [6, 6.07) is 15.3. The van der Waals surface area contributed by atoms with E-state index in [9.17, 15) is 4.79 Å². The number of nitrogens with zero attached hydrogens (tertiary/aromatic N) is 2. The molecule has 2 aromatic carbocycles. The fourth-order valence-electron chi connectivity index (χ4n) is 3.34. The average molecular weight is 373 g/mol. The fraction of sp³-hybridized carbons (Fsp3) is 0.263. The topological polar surface area (TPSA) is 41.9 Å². The van der Waals surface area contributed by atoms with Crippen LogP contribution in [0.1, 0.15) is 12.0 Å². The number of fused-ring (bicyclic) bond motifs is 3. The molecule has 0 aromatic heterocycles. The molecule has 2 aromatic rings. The maximum Gasteiger partial charge on any atom is 0.277 e. The molecule has 0 spiro atoms. The van der Waals surface area contributed by atoms with E-state index < -0.39 is 6.10 Å². The Bertz CT molecular complexity index is 838. The van der Waals surface area contributed by atoms with E-state index >= 15 is 0 Å². The molecule has 4 rings (SSSR count). The fourth-order valence-corrected chi connectivity index (χ4v) is 4.56. The first-order valence-corrected chi connectivity index (χ1v) is 9.48. The Kier molecular flexibility index (Phi) is 4.54. The maximum atomic E-state index is 13.0. The Balaban J connectivity index is 1.86. The Morgan fingerprint density at radius 2 is 1.96 bits per heavy atom. The molecule has 1 amide bonds. The monoisotopic (exact) mass is 372 g/mol. The molecule has 0 N–H and O–H groups in total. The molecule has 0 aliphatic carbocycles. The minimum Gasteiger partial charge on any atom is -0.371 e. The van der Waals surface area contributed by atoms with Crippen molar-refractivity contribution in [3.8, 4) is 0 Å². The largest absolute Gasteiger partial charge is 0.371 e. The normalized spacial score (nSPS) is 22.7. The predicted molar refractivity (Wildman–Crippen MR) is 102 cm³/mol. The molecule has 0 fully saturated rings. The number of hydrogen-bond donors (Lipinski definition) is 0. The summed E-state index contributed by atoms with van der Waals surface area (Å²) < 4.78 is 5.61. The van der Waals surface area contributed by atoms with Crippen molar-refractivity contribution in [1.82, 2.24) is 0 Å². The van der Waals surface area contributed by atoms with Crippen LogP contribution >= 0.6 is 23.4 Å². The van der Waals surface area contributed by atoms with Crippen molar-refractivity contribution in [3.05, 3.63) is 59.1 Å². The standard InChI is InChI=1S/C19H17ClN2O2S/c1-24-18-15-10-11-25-16-5-3-2-4-14(16)17(15)21-22(19(18)23)13-8-6-12(20)7-9-13/h2-9,15,18H,10-11H2,1H3. The van der Waals surface area contributed by atoms with Crippen molar-refractivity contribution in [3.63, 3.8) is 0 Å². The lowest BCUT2D eigenvalue weighted by molar-refractivity contribution is -0.130. The maximum absolute atomic E-state index is 13.0. The van der Waals surface area contributed by atoms with Crippen molar-refractivity contribution in [1.29, 1.82) is 0 Å². The van der Waals surface area contributed by atoms with Crippen LogP contribution in [0.15, 0.2) is 58.5 Å². The highest BCUT2D eigenvalue weighted by atomic mass is 35.5. The van der Waals surface area contributed by atoms with Gasteiger partial charge in [-0.05, 0) is 42.5 Å². The summed E-state index contributed by atoms with van der Waals surface area (Å²) >= 11 is 7.78. The molecule has 0 saturated carbocycles. The Morgan fingerprint density at radius 3 is 2.72 bits per heavy atom. The van der Waals surface area contributed by atoms with Gasteiger partial charge in [-0.1, -0.05) is 29.8 Å². The average Bonchev–Trinajstić information content (AvgIpc) is 2.81.